The smallest absolute Gasteiger partial charge is 0.187 e. The minimum Gasteiger partial charge on any atom is -0.394 e. The van der Waals surface area contributed by atoms with Gasteiger partial charge in [-0.3, -0.25) is 4.79 Å². The van der Waals surface area contributed by atoms with Crippen molar-refractivity contribution in [1.82, 2.24) is 0 Å². The van der Waals surface area contributed by atoms with Gasteiger partial charge in [-0.15, -0.1) is 0 Å². The van der Waals surface area contributed by atoms with Crippen molar-refractivity contribution in [3.05, 3.63) is 23.8 Å². The molecule has 1 saturated heterocycles. The summed E-state index contributed by atoms with van der Waals surface area (Å²) in [4.78, 5) is 12.1. The van der Waals surface area contributed by atoms with Gasteiger partial charge >= 0.3 is 0 Å². The van der Waals surface area contributed by atoms with Gasteiger partial charge in [0, 0.05) is 11.8 Å². The summed E-state index contributed by atoms with van der Waals surface area (Å²) in [6, 6.07) is 0. The molecule has 0 radical (unpaired) electrons. The Morgan fingerprint density at radius 1 is 1.29 bits per heavy atom. The number of ether oxygens (including phenoxy) is 2. The van der Waals surface area contributed by atoms with E-state index in [-0.39, 0.29) is 24.4 Å². The fourth-order valence-corrected chi connectivity index (χ4v) is 3.50. The van der Waals surface area contributed by atoms with E-state index < -0.39 is 54.4 Å². The van der Waals surface area contributed by atoms with Crippen molar-refractivity contribution < 1.29 is 44.9 Å². The largest absolute Gasteiger partial charge is 0.394 e. The van der Waals surface area contributed by atoms with Crippen molar-refractivity contribution in [2.75, 3.05) is 13.2 Å². The second kappa shape index (κ2) is 8.68. The summed E-state index contributed by atoms with van der Waals surface area (Å²) < 4.78 is 10.8. The van der Waals surface area contributed by atoms with E-state index in [4.69, 9.17) is 9.47 Å². The van der Waals surface area contributed by atoms with Gasteiger partial charge in [-0.05, 0) is 24.6 Å². The Hall–Kier alpha value is -1.17. The Labute approximate surface area is 163 Å². The lowest BCUT2D eigenvalue weighted by Gasteiger charge is -2.45. The van der Waals surface area contributed by atoms with Gasteiger partial charge in [-0.1, -0.05) is 19.9 Å². The molecule has 1 heterocycles. The Bertz CT molecular complexity index is 625. The summed E-state index contributed by atoms with van der Waals surface area (Å²) in [5, 5.41) is 59.8. The van der Waals surface area contributed by atoms with Gasteiger partial charge in [-0.25, -0.2) is 0 Å². The highest BCUT2D eigenvalue weighted by atomic mass is 16.7. The standard InChI is InChI=1S/C19H30O9/c1-10(21)4-5-19(26)11(6-12(22)7-18(19,2)3)9-27-17-16(25)15(24)14(23)13(8-20)28-17/h4-6,10,13-17,20-21,23-26H,7-9H2,1-3H3/t10-,13-,14-,15+,16-,17-,19-/m1/s1. The predicted octanol–water partition coefficient (Wildman–Crippen LogP) is -1.60. The van der Waals surface area contributed by atoms with Crippen LogP contribution in [-0.2, 0) is 14.3 Å². The summed E-state index contributed by atoms with van der Waals surface area (Å²) in [6.07, 6.45) is -3.89. The first kappa shape index (κ1) is 23.1. The number of hydrogen-bond donors (Lipinski definition) is 6. The summed E-state index contributed by atoms with van der Waals surface area (Å²) in [6.45, 7) is 4.02. The molecule has 0 aromatic heterocycles. The number of aliphatic hydroxyl groups is 6. The lowest BCUT2D eigenvalue weighted by molar-refractivity contribution is -0.299. The van der Waals surface area contributed by atoms with Gasteiger partial charge in [-0.2, -0.15) is 0 Å². The highest BCUT2D eigenvalue weighted by Gasteiger charge is 2.49. The van der Waals surface area contributed by atoms with E-state index in [2.05, 4.69) is 0 Å². The lowest BCUT2D eigenvalue weighted by Crippen LogP contribution is -2.59. The molecule has 7 atom stereocenters. The third kappa shape index (κ3) is 4.52. The molecule has 0 saturated carbocycles. The SMILES string of the molecule is C[C@@H](O)C=C[C@@]1(O)C(CO[C@@H]2O[C@H](CO)[C@@H](O)[C@H](O)[C@H]2O)=CC(=O)CC1(C)C. The van der Waals surface area contributed by atoms with E-state index in [1.807, 2.05) is 0 Å². The predicted molar refractivity (Wildman–Crippen MR) is 97.0 cm³/mol. The van der Waals surface area contributed by atoms with Crippen molar-refractivity contribution in [2.45, 2.75) is 69.6 Å². The zero-order valence-electron chi connectivity index (χ0n) is 16.2. The number of aliphatic hydroxyl groups excluding tert-OH is 5. The number of ketones is 1. The van der Waals surface area contributed by atoms with Crippen LogP contribution in [-0.4, -0.2) is 92.0 Å². The van der Waals surface area contributed by atoms with Crippen LogP contribution in [0.25, 0.3) is 0 Å². The Balaban J connectivity index is 2.23. The summed E-state index contributed by atoms with van der Waals surface area (Å²) in [7, 11) is 0. The molecule has 28 heavy (non-hydrogen) atoms. The monoisotopic (exact) mass is 402 g/mol. The number of rotatable bonds is 6. The van der Waals surface area contributed by atoms with Gasteiger partial charge in [0.25, 0.3) is 0 Å². The fraction of sp³-hybridized carbons (Fsp3) is 0.737. The second-order valence-corrected chi connectivity index (χ2v) is 8.07. The molecule has 6 N–H and O–H groups in total. The summed E-state index contributed by atoms with van der Waals surface area (Å²) in [5.74, 6) is -0.215. The molecule has 9 heteroatoms. The summed E-state index contributed by atoms with van der Waals surface area (Å²) >= 11 is 0. The van der Waals surface area contributed by atoms with E-state index in [9.17, 15) is 35.4 Å². The van der Waals surface area contributed by atoms with Crippen LogP contribution in [0.1, 0.15) is 27.2 Å². The Morgan fingerprint density at radius 2 is 1.93 bits per heavy atom. The van der Waals surface area contributed by atoms with Crippen molar-refractivity contribution >= 4 is 5.78 Å². The molecule has 0 unspecified atom stereocenters. The third-order valence-electron chi connectivity index (χ3n) is 5.34. The number of hydrogen-bond acceptors (Lipinski definition) is 9. The van der Waals surface area contributed by atoms with Gasteiger partial charge in [0.15, 0.2) is 12.1 Å². The maximum Gasteiger partial charge on any atom is 0.187 e. The molecule has 0 amide bonds. The molecule has 1 fully saturated rings. The zero-order valence-corrected chi connectivity index (χ0v) is 16.2. The molecule has 0 bridgehead atoms. The molecule has 2 rings (SSSR count). The minimum absolute atomic E-state index is 0.0806. The quantitative estimate of drug-likeness (QED) is 0.288. The van der Waals surface area contributed by atoms with Gasteiger partial charge in [0.2, 0.25) is 0 Å². The van der Waals surface area contributed by atoms with E-state index >= 15 is 0 Å². The van der Waals surface area contributed by atoms with Crippen LogP contribution in [0.15, 0.2) is 23.8 Å². The summed E-state index contributed by atoms with van der Waals surface area (Å²) in [5.41, 5.74) is -2.30. The van der Waals surface area contributed by atoms with Crippen LogP contribution in [0, 0.1) is 5.41 Å². The van der Waals surface area contributed by atoms with Crippen LogP contribution in [0.5, 0.6) is 0 Å². The highest BCUT2D eigenvalue weighted by Crippen LogP contribution is 2.44. The zero-order chi connectivity index (χ0) is 21.3. The van der Waals surface area contributed by atoms with E-state index in [0.717, 1.165) is 0 Å². The molecular formula is C19H30O9. The molecule has 2 aliphatic rings. The Morgan fingerprint density at radius 3 is 2.50 bits per heavy atom. The molecule has 0 aromatic carbocycles. The van der Waals surface area contributed by atoms with Crippen molar-refractivity contribution in [3.8, 4) is 0 Å². The first-order valence-electron chi connectivity index (χ1n) is 9.18. The molecular weight excluding hydrogens is 372 g/mol. The molecule has 1 aliphatic heterocycles. The molecule has 160 valence electrons. The maximum atomic E-state index is 12.1. The van der Waals surface area contributed by atoms with Gasteiger partial charge in [0.05, 0.1) is 19.3 Å². The van der Waals surface area contributed by atoms with Crippen molar-refractivity contribution in [3.63, 3.8) is 0 Å². The van der Waals surface area contributed by atoms with Crippen LogP contribution in [0.2, 0.25) is 0 Å². The molecule has 0 aromatic rings. The normalized spacial score (nSPS) is 39.8. The average molecular weight is 402 g/mol. The van der Waals surface area contributed by atoms with Crippen LogP contribution < -0.4 is 0 Å². The Kier molecular flexibility index (Phi) is 7.17. The maximum absolute atomic E-state index is 12.1. The highest BCUT2D eigenvalue weighted by molar-refractivity contribution is 5.93. The average Bonchev–Trinajstić information content (AvgIpc) is 2.61. The van der Waals surface area contributed by atoms with E-state index in [1.165, 1.54) is 25.2 Å². The third-order valence-corrected chi connectivity index (χ3v) is 5.34. The van der Waals surface area contributed by atoms with Crippen LogP contribution >= 0.6 is 0 Å². The van der Waals surface area contributed by atoms with Crippen LogP contribution in [0.3, 0.4) is 0 Å². The number of carbonyl (C=O) groups is 1. The molecule has 1 aliphatic carbocycles. The second-order valence-electron chi connectivity index (χ2n) is 8.07. The first-order valence-corrected chi connectivity index (χ1v) is 9.18. The first-order chi connectivity index (χ1) is 12.9. The minimum atomic E-state index is -1.61. The number of carbonyl (C=O) groups excluding carboxylic acids is 1. The van der Waals surface area contributed by atoms with Crippen molar-refractivity contribution in [1.29, 1.82) is 0 Å². The van der Waals surface area contributed by atoms with E-state index in [0.29, 0.717) is 0 Å². The fourth-order valence-electron chi connectivity index (χ4n) is 3.50. The molecule has 9 nitrogen and oxygen atoms in total. The molecule has 0 spiro atoms. The lowest BCUT2D eigenvalue weighted by atomic mass is 9.64. The van der Waals surface area contributed by atoms with Gasteiger partial charge < -0.3 is 40.1 Å². The van der Waals surface area contributed by atoms with Crippen molar-refractivity contribution in [2.24, 2.45) is 5.41 Å². The number of allylic oxidation sites excluding steroid dienone is 1. The van der Waals surface area contributed by atoms with Gasteiger partial charge in [0.1, 0.15) is 30.0 Å². The van der Waals surface area contributed by atoms with Crippen LogP contribution in [0.4, 0.5) is 0 Å². The topological polar surface area (TPSA) is 157 Å². The van der Waals surface area contributed by atoms with E-state index in [1.54, 1.807) is 13.8 Å².